The summed E-state index contributed by atoms with van der Waals surface area (Å²) in [4.78, 5) is 1.39. The summed E-state index contributed by atoms with van der Waals surface area (Å²) in [5, 5.41) is 9.71. The van der Waals surface area contributed by atoms with Crippen molar-refractivity contribution in [2.24, 2.45) is 0 Å². The maximum atomic E-state index is 5.53. The van der Waals surface area contributed by atoms with Gasteiger partial charge >= 0.3 is 0 Å². The fourth-order valence-electron chi connectivity index (χ4n) is 2.91. The molecule has 0 atom stereocenters. The van der Waals surface area contributed by atoms with Gasteiger partial charge < -0.3 is 10.6 Å². The van der Waals surface area contributed by atoms with Crippen LogP contribution in [0.15, 0.2) is 46.3 Å². The topological polar surface area (TPSA) is 24.1 Å². The number of thiophene rings is 1. The van der Waals surface area contributed by atoms with E-state index in [0.29, 0.717) is 5.11 Å². The van der Waals surface area contributed by atoms with Crippen LogP contribution < -0.4 is 10.6 Å². The molecule has 1 aromatic carbocycles. The Morgan fingerprint density at radius 1 is 1.19 bits per heavy atom. The van der Waals surface area contributed by atoms with E-state index in [1.165, 1.54) is 17.7 Å². The highest BCUT2D eigenvalue weighted by Crippen LogP contribution is 2.40. The monoisotopic (exact) mass is 380 g/mol. The molecule has 0 aliphatic heterocycles. The molecule has 2 aromatic rings. The molecule has 110 valence electrons. The van der Waals surface area contributed by atoms with Crippen LogP contribution in [0.3, 0.4) is 0 Å². The van der Waals surface area contributed by atoms with Crippen LogP contribution in [-0.4, -0.2) is 5.11 Å². The highest BCUT2D eigenvalue weighted by Gasteiger charge is 2.37. The second kappa shape index (κ2) is 6.46. The number of hydrogen-bond acceptors (Lipinski definition) is 2. The van der Waals surface area contributed by atoms with E-state index in [1.807, 2.05) is 35.6 Å². The van der Waals surface area contributed by atoms with Gasteiger partial charge in [-0.3, -0.25) is 0 Å². The van der Waals surface area contributed by atoms with E-state index in [9.17, 15) is 0 Å². The third-order valence-electron chi connectivity index (χ3n) is 3.89. The van der Waals surface area contributed by atoms with Crippen LogP contribution >= 0.6 is 39.5 Å². The van der Waals surface area contributed by atoms with Gasteiger partial charge in [0, 0.05) is 15.0 Å². The molecule has 0 spiro atoms. The molecule has 21 heavy (non-hydrogen) atoms. The predicted molar refractivity (Wildman–Crippen MR) is 98.0 cm³/mol. The number of hydrogen-bond donors (Lipinski definition) is 2. The Bertz CT molecular complexity index is 619. The van der Waals surface area contributed by atoms with Crippen molar-refractivity contribution in [3.05, 3.63) is 51.1 Å². The van der Waals surface area contributed by atoms with Gasteiger partial charge in [0.05, 0.1) is 5.54 Å². The zero-order valence-electron chi connectivity index (χ0n) is 11.6. The molecule has 1 aliphatic rings. The van der Waals surface area contributed by atoms with Crippen LogP contribution in [0.25, 0.3) is 0 Å². The third-order valence-corrected chi connectivity index (χ3v) is 5.66. The standard InChI is InChI=1S/C16H17BrN2S2/c17-12-5-3-6-13(11-12)18-15(20)19-16(8-1-2-9-16)14-7-4-10-21-14/h3-7,10-11H,1-2,8-9H2,(H2,18,19,20). The van der Waals surface area contributed by atoms with E-state index < -0.39 is 0 Å². The molecule has 0 bridgehead atoms. The number of halogens is 1. The van der Waals surface area contributed by atoms with Crippen molar-refractivity contribution in [3.8, 4) is 0 Å². The van der Waals surface area contributed by atoms with Crippen molar-refractivity contribution >= 4 is 50.3 Å². The average Bonchev–Trinajstić information content (AvgIpc) is 3.09. The Morgan fingerprint density at radius 2 is 2.00 bits per heavy atom. The normalized spacial score (nSPS) is 16.6. The SMILES string of the molecule is S=C(Nc1cccc(Br)c1)NC1(c2cccs2)CCCC1. The summed E-state index contributed by atoms with van der Waals surface area (Å²) >= 11 is 10.8. The van der Waals surface area contributed by atoms with Crippen LogP contribution in [0, 0.1) is 0 Å². The second-order valence-electron chi connectivity index (χ2n) is 5.36. The molecular formula is C16H17BrN2S2. The van der Waals surface area contributed by atoms with Gasteiger partial charge in [-0.15, -0.1) is 11.3 Å². The minimum Gasteiger partial charge on any atom is -0.352 e. The molecular weight excluding hydrogens is 364 g/mol. The van der Waals surface area contributed by atoms with Gasteiger partial charge in [0.25, 0.3) is 0 Å². The summed E-state index contributed by atoms with van der Waals surface area (Å²) in [5.41, 5.74) is 1.02. The lowest BCUT2D eigenvalue weighted by Crippen LogP contribution is -2.45. The van der Waals surface area contributed by atoms with Gasteiger partial charge in [0.1, 0.15) is 0 Å². The molecule has 1 aromatic heterocycles. The van der Waals surface area contributed by atoms with Gasteiger partial charge in [0.2, 0.25) is 0 Å². The van der Waals surface area contributed by atoms with E-state index >= 15 is 0 Å². The van der Waals surface area contributed by atoms with Gasteiger partial charge in [-0.1, -0.05) is 40.9 Å². The summed E-state index contributed by atoms with van der Waals surface area (Å²) in [5.74, 6) is 0. The first-order chi connectivity index (χ1) is 10.2. The Labute approximate surface area is 143 Å². The van der Waals surface area contributed by atoms with Crippen LogP contribution in [0.4, 0.5) is 5.69 Å². The maximum absolute atomic E-state index is 5.53. The second-order valence-corrected chi connectivity index (χ2v) is 7.63. The van der Waals surface area contributed by atoms with E-state index in [2.05, 4.69) is 44.1 Å². The summed E-state index contributed by atoms with van der Waals surface area (Å²) in [6.07, 6.45) is 4.80. The number of rotatable bonds is 3. The first-order valence-corrected chi connectivity index (χ1v) is 9.15. The van der Waals surface area contributed by atoms with Crippen molar-refractivity contribution in [3.63, 3.8) is 0 Å². The molecule has 1 heterocycles. The van der Waals surface area contributed by atoms with Crippen LogP contribution in [-0.2, 0) is 5.54 Å². The van der Waals surface area contributed by atoms with E-state index in [4.69, 9.17) is 12.2 Å². The zero-order chi connectivity index (χ0) is 14.7. The number of thiocarbonyl (C=S) groups is 1. The summed E-state index contributed by atoms with van der Waals surface area (Å²) in [7, 11) is 0. The van der Waals surface area contributed by atoms with Crippen LogP contribution in [0.2, 0.25) is 0 Å². The van der Waals surface area contributed by atoms with E-state index in [-0.39, 0.29) is 5.54 Å². The smallest absolute Gasteiger partial charge is 0.171 e. The molecule has 3 rings (SSSR count). The first-order valence-electron chi connectivity index (χ1n) is 7.07. The van der Waals surface area contributed by atoms with Crippen molar-refractivity contribution in [2.45, 2.75) is 31.2 Å². The van der Waals surface area contributed by atoms with Crippen molar-refractivity contribution in [1.29, 1.82) is 0 Å². The van der Waals surface area contributed by atoms with Crippen LogP contribution in [0.1, 0.15) is 30.6 Å². The predicted octanol–water partition coefficient (Wildman–Crippen LogP) is 5.27. The Kier molecular flexibility index (Phi) is 4.62. The van der Waals surface area contributed by atoms with Gasteiger partial charge in [-0.25, -0.2) is 0 Å². The number of anilines is 1. The maximum Gasteiger partial charge on any atom is 0.171 e. The van der Waals surface area contributed by atoms with Gasteiger partial charge in [-0.05, 0) is 54.7 Å². The molecule has 1 fully saturated rings. The molecule has 2 nitrogen and oxygen atoms in total. The fourth-order valence-corrected chi connectivity index (χ4v) is 4.56. The summed E-state index contributed by atoms with van der Waals surface area (Å²) in [6.45, 7) is 0. The average molecular weight is 381 g/mol. The summed E-state index contributed by atoms with van der Waals surface area (Å²) < 4.78 is 1.05. The molecule has 0 unspecified atom stereocenters. The van der Waals surface area contributed by atoms with Gasteiger partial charge in [0.15, 0.2) is 5.11 Å². The third kappa shape index (κ3) is 3.47. The van der Waals surface area contributed by atoms with Crippen molar-refractivity contribution < 1.29 is 0 Å². The minimum absolute atomic E-state index is 0.0181. The lowest BCUT2D eigenvalue weighted by molar-refractivity contribution is 0.417. The molecule has 1 saturated carbocycles. The Balaban J connectivity index is 1.73. The summed E-state index contributed by atoms with van der Waals surface area (Å²) in [6, 6.07) is 12.4. The minimum atomic E-state index is 0.0181. The highest BCUT2D eigenvalue weighted by atomic mass is 79.9. The lowest BCUT2D eigenvalue weighted by atomic mass is 9.96. The van der Waals surface area contributed by atoms with Crippen molar-refractivity contribution in [1.82, 2.24) is 5.32 Å². The molecule has 5 heteroatoms. The van der Waals surface area contributed by atoms with Crippen molar-refractivity contribution in [2.75, 3.05) is 5.32 Å². The number of benzene rings is 1. The van der Waals surface area contributed by atoms with E-state index in [0.717, 1.165) is 23.0 Å². The fraction of sp³-hybridized carbons (Fsp3) is 0.312. The molecule has 0 saturated heterocycles. The largest absolute Gasteiger partial charge is 0.352 e. The quantitative estimate of drug-likeness (QED) is 0.709. The zero-order valence-corrected chi connectivity index (χ0v) is 14.8. The Hall–Kier alpha value is -0.910. The highest BCUT2D eigenvalue weighted by molar-refractivity contribution is 9.10. The molecule has 0 amide bonds. The van der Waals surface area contributed by atoms with E-state index in [1.54, 1.807) is 0 Å². The molecule has 2 N–H and O–H groups in total. The lowest BCUT2D eigenvalue weighted by Gasteiger charge is -2.31. The number of nitrogens with one attached hydrogen (secondary N) is 2. The first kappa shape index (κ1) is 15.0. The molecule has 1 aliphatic carbocycles. The molecule has 0 radical (unpaired) electrons. The van der Waals surface area contributed by atoms with Crippen LogP contribution in [0.5, 0.6) is 0 Å². The van der Waals surface area contributed by atoms with Gasteiger partial charge in [-0.2, -0.15) is 0 Å². The Morgan fingerprint density at radius 3 is 2.67 bits per heavy atom.